The highest BCUT2D eigenvalue weighted by molar-refractivity contribution is 5.94. The van der Waals surface area contributed by atoms with Gasteiger partial charge >= 0.3 is 0 Å². The topological polar surface area (TPSA) is 58.6 Å². The van der Waals surface area contributed by atoms with Crippen molar-refractivity contribution in [3.8, 4) is 5.75 Å². The molecule has 1 aliphatic heterocycles. The molecule has 1 amide bonds. The molecule has 2 heterocycles. The minimum Gasteiger partial charge on any atom is -0.489 e. The van der Waals surface area contributed by atoms with Crippen LogP contribution in [0.1, 0.15) is 15.9 Å². The van der Waals surface area contributed by atoms with Crippen LogP contribution in [0.2, 0.25) is 0 Å². The highest BCUT2D eigenvalue weighted by Crippen LogP contribution is 2.18. The molecular formula is C22H22N4O2. The number of carbonyl (C=O) groups is 1. The Morgan fingerprint density at radius 1 is 0.893 bits per heavy atom. The molecule has 3 aromatic rings. The maximum Gasteiger partial charge on any atom is 0.254 e. The van der Waals surface area contributed by atoms with Crippen molar-refractivity contribution in [2.75, 3.05) is 31.1 Å². The van der Waals surface area contributed by atoms with Gasteiger partial charge in [-0.3, -0.25) is 4.79 Å². The summed E-state index contributed by atoms with van der Waals surface area (Å²) in [6, 6.07) is 19.2. The van der Waals surface area contributed by atoms with E-state index in [-0.39, 0.29) is 5.91 Å². The third-order valence-corrected chi connectivity index (χ3v) is 4.73. The Balaban J connectivity index is 1.36. The Labute approximate surface area is 164 Å². The molecule has 28 heavy (non-hydrogen) atoms. The minimum absolute atomic E-state index is 0.0267. The fourth-order valence-corrected chi connectivity index (χ4v) is 3.21. The Bertz CT molecular complexity index is 910. The van der Waals surface area contributed by atoms with Crippen LogP contribution in [0, 0.1) is 0 Å². The second-order valence-electron chi connectivity index (χ2n) is 6.63. The molecule has 0 unspecified atom stereocenters. The molecule has 4 rings (SSSR count). The number of nitrogens with zero attached hydrogens (tertiary/aromatic N) is 4. The van der Waals surface area contributed by atoms with Crippen molar-refractivity contribution in [1.29, 1.82) is 0 Å². The van der Waals surface area contributed by atoms with Gasteiger partial charge < -0.3 is 14.5 Å². The molecule has 0 N–H and O–H groups in total. The van der Waals surface area contributed by atoms with Crippen LogP contribution in [0.25, 0.3) is 0 Å². The van der Waals surface area contributed by atoms with Crippen molar-refractivity contribution in [1.82, 2.24) is 14.9 Å². The lowest BCUT2D eigenvalue weighted by molar-refractivity contribution is 0.0745. The summed E-state index contributed by atoms with van der Waals surface area (Å²) < 4.78 is 5.85. The fourth-order valence-electron chi connectivity index (χ4n) is 3.21. The van der Waals surface area contributed by atoms with Crippen molar-refractivity contribution in [3.63, 3.8) is 0 Å². The molecule has 0 aliphatic carbocycles. The number of benzene rings is 2. The largest absolute Gasteiger partial charge is 0.489 e. The summed E-state index contributed by atoms with van der Waals surface area (Å²) in [5, 5.41) is 0. The van der Waals surface area contributed by atoms with Gasteiger partial charge in [-0.15, -0.1) is 0 Å². The third-order valence-electron chi connectivity index (χ3n) is 4.73. The molecule has 0 bridgehead atoms. The van der Waals surface area contributed by atoms with E-state index in [1.54, 1.807) is 18.5 Å². The monoisotopic (exact) mass is 374 g/mol. The van der Waals surface area contributed by atoms with E-state index in [1.165, 1.54) is 0 Å². The molecule has 0 spiro atoms. The van der Waals surface area contributed by atoms with Gasteiger partial charge in [-0.25, -0.2) is 9.97 Å². The summed E-state index contributed by atoms with van der Waals surface area (Å²) in [6.07, 6.45) is 3.47. The predicted octanol–water partition coefficient (Wildman–Crippen LogP) is 3.02. The molecule has 0 atom stereocenters. The molecule has 142 valence electrons. The normalized spacial score (nSPS) is 14.0. The quantitative estimate of drug-likeness (QED) is 0.687. The number of aromatic nitrogens is 2. The Hall–Kier alpha value is -3.41. The van der Waals surface area contributed by atoms with E-state index in [4.69, 9.17) is 4.74 Å². The van der Waals surface area contributed by atoms with Crippen molar-refractivity contribution in [2.24, 2.45) is 0 Å². The second-order valence-corrected chi connectivity index (χ2v) is 6.63. The molecular weight excluding hydrogens is 352 g/mol. The van der Waals surface area contributed by atoms with Crippen molar-refractivity contribution < 1.29 is 9.53 Å². The number of ether oxygens (including phenoxy) is 1. The van der Waals surface area contributed by atoms with Crippen LogP contribution in [-0.4, -0.2) is 47.0 Å². The van der Waals surface area contributed by atoms with Crippen LogP contribution in [0.15, 0.2) is 73.1 Å². The number of hydrogen-bond acceptors (Lipinski definition) is 5. The summed E-state index contributed by atoms with van der Waals surface area (Å²) in [5.41, 5.74) is 1.74. The number of carbonyl (C=O) groups excluding carboxylic acids is 1. The second kappa shape index (κ2) is 8.52. The fraction of sp³-hybridized carbons (Fsp3) is 0.227. The van der Waals surface area contributed by atoms with E-state index < -0.39 is 0 Å². The van der Waals surface area contributed by atoms with Gasteiger partial charge in [-0.1, -0.05) is 36.4 Å². The van der Waals surface area contributed by atoms with Gasteiger partial charge in [0.05, 0.1) is 0 Å². The predicted molar refractivity (Wildman–Crippen MR) is 107 cm³/mol. The maximum atomic E-state index is 12.9. The zero-order valence-corrected chi connectivity index (χ0v) is 15.6. The number of hydrogen-bond donors (Lipinski definition) is 0. The first-order chi connectivity index (χ1) is 13.8. The van der Waals surface area contributed by atoms with Gasteiger partial charge in [0.25, 0.3) is 5.91 Å². The van der Waals surface area contributed by atoms with E-state index in [0.29, 0.717) is 37.0 Å². The molecule has 2 aromatic carbocycles. The summed E-state index contributed by atoms with van der Waals surface area (Å²) in [7, 11) is 0. The van der Waals surface area contributed by atoms with Crippen LogP contribution in [-0.2, 0) is 6.61 Å². The van der Waals surface area contributed by atoms with Crippen LogP contribution < -0.4 is 9.64 Å². The van der Waals surface area contributed by atoms with Gasteiger partial charge in [-0.05, 0) is 29.8 Å². The lowest BCUT2D eigenvalue weighted by Gasteiger charge is -2.34. The van der Waals surface area contributed by atoms with Crippen molar-refractivity contribution in [3.05, 3.63) is 84.2 Å². The first-order valence-corrected chi connectivity index (χ1v) is 9.37. The van der Waals surface area contributed by atoms with Crippen LogP contribution in [0.3, 0.4) is 0 Å². The maximum absolute atomic E-state index is 12.9. The number of piperazine rings is 1. The van der Waals surface area contributed by atoms with Crippen molar-refractivity contribution >= 4 is 11.9 Å². The first kappa shape index (κ1) is 18.0. The first-order valence-electron chi connectivity index (χ1n) is 9.37. The average Bonchev–Trinajstić information content (AvgIpc) is 2.79. The molecule has 1 aliphatic rings. The van der Waals surface area contributed by atoms with Crippen LogP contribution >= 0.6 is 0 Å². The summed E-state index contributed by atoms with van der Waals surface area (Å²) in [6.45, 7) is 3.21. The number of amides is 1. The Morgan fingerprint density at radius 3 is 2.39 bits per heavy atom. The average molecular weight is 374 g/mol. The zero-order chi connectivity index (χ0) is 19.2. The van der Waals surface area contributed by atoms with E-state index in [2.05, 4.69) is 14.9 Å². The van der Waals surface area contributed by atoms with Gasteiger partial charge in [0.2, 0.25) is 5.95 Å². The van der Waals surface area contributed by atoms with E-state index in [9.17, 15) is 4.79 Å². The molecule has 1 saturated heterocycles. The van der Waals surface area contributed by atoms with Crippen molar-refractivity contribution in [2.45, 2.75) is 6.61 Å². The lowest BCUT2D eigenvalue weighted by atomic mass is 10.1. The molecule has 0 saturated carbocycles. The zero-order valence-electron chi connectivity index (χ0n) is 15.6. The Morgan fingerprint density at radius 2 is 1.64 bits per heavy atom. The highest BCUT2D eigenvalue weighted by atomic mass is 16.5. The SMILES string of the molecule is O=C(c1cccc(OCc2ccccc2)c1)N1CCN(c2ncccn2)CC1. The molecule has 6 nitrogen and oxygen atoms in total. The lowest BCUT2D eigenvalue weighted by Crippen LogP contribution is -2.49. The minimum atomic E-state index is 0.0267. The molecule has 0 radical (unpaired) electrons. The van der Waals surface area contributed by atoms with Gasteiger partial charge in [0, 0.05) is 44.1 Å². The molecule has 6 heteroatoms. The molecule has 1 aromatic heterocycles. The third kappa shape index (κ3) is 4.28. The number of rotatable bonds is 5. The van der Waals surface area contributed by atoms with E-state index in [0.717, 1.165) is 18.7 Å². The Kier molecular flexibility index (Phi) is 5.47. The van der Waals surface area contributed by atoms with E-state index >= 15 is 0 Å². The number of anilines is 1. The van der Waals surface area contributed by atoms with Crippen LogP contribution in [0.5, 0.6) is 5.75 Å². The highest BCUT2D eigenvalue weighted by Gasteiger charge is 2.23. The van der Waals surface area contributed by atoms with Gasteiger partial charge in [0.1, 0.15) is 12.4 Å². The summed E-state index contributed by atoms with van der Waals surface area (Å²) >= 11 is 0. The standard InChI is InChI=1S/C22H22N4O2/c27-21(25-12-14-26(15-13-25)22-23-10-5-11-24-22)19-8-4-9-20(16-19)28-17-18-6-2-1-3-7-18/h1-11,16H,12-15,17H2. The van der Waals surface area contributed by atoms with Crippen LogP contribution in [0.4, 0.5) is 5.95 Å². The summed E-state index contributed by atoms with van der Waals surface area (Å²) in [4.78, 5) is 25.4. The molecule has 1 fully saturated rings. The summed E-state index contributed by atoms with van der Waals surface area (Å²) in [5.74, 6) is 1.44. The smallest absolute Gasteiger partial charge is 0.254 e. The van der Waals surface area contributed by atoms with E-state index in [1.807, 2.05) is 59.5 Å². The van der Waals surface area contributed by atoms with Gasteiger partial charge in [-0.2, -0.15) is 0 Å². The van der Waals surface area contributed by atoms with Gasteiger partial charge in [0.15, 0.2) is 0 Å².